The quantitative estimate of drug-likeness (QED) is 0.897. The molecule has 19 heavy (non-hydrogen) atoms. The van der Waals surface area contributed by atoms with E-state index >= 15 is 0 Å². The molecule has 2 nitrogen and oxygen atoms in total. The lowest BCUT2D eigenvalue weighted by atomic mass is 10.1. The van der Waals surface area contributed by atoms with Gasteiger partial charge in [0.1, 0.15) is 0 Å². The summed E-state index contributed by atoms with van der Waals surface area (Å²) in [7, 11) is 0. The van der Waals surface area contributed by atoms with Crippen LogP contribution >= 0.6 is 11.3 Å². The van der Waals surface area contributed by atoms with Gasteiger partial charge in [-0.3, -0.25) is 4.90 Å². The van der Waals surface area contributed by atoms with Gasteiger partial charge < -0.3 is 5.32 Å². The van der Waals surface area contributed by atoms with Crippen LogP contribution in [-0.2, 0) is 26.2 Å². The van der Waals surface area contributed by atoms with Crippen LogP contribution in [0, 0.1) is 0 Å². The van der Waals surface area contributed by atoms with Crippen LogP contribution in [-0.4, -0.2) is 11.4 Å². The molecule has 0 radical (unpaired) electrons. The van der Waals surface area contributed by atoms with Gasteiger partial charge in [0.05, 0.1) is 0 Å². The number of hydrogen-bond acceptors (Lipinski definition) is 3. The highest BCUT2D eigenvalue weighted by molar-refractivity contribution is 7.11. The number of hydrogen-bond donors (Lipinski definition) is 1. The smallest absolute Gasteiger partial charge is 0.0335 e. The largest absolute Gasteiger partial charge is 0.312 e. The van der Waals surface area contributed by atoms with Crippen LogP contribution in [0.2, 0.25) is 0 Å². The summed E-state index contributed by atoms with van der Waals surface area (Å²) in [5.74, 6) is 0. The number of fused-ring (bicyclic) bond motifs is 1. The van der Waals surface area contributed by atoms with Gasteiger partial charge in [0.2, 0.25) is 0 Å². The molecule has 0 spiro atoms. The van der Waals surface area contributed by atoms with Crippen LogP contribution in [0.5, 0.6) is 0 Å². The molecule has 1 N–H and O–H groups in total. The molecule has 0 saturated carbocycles. The highest BCUT2D eigenvalue weighted by Crippen LogP contribution is 2.26. The maximum absolute atomic E-state index is 3.38. The monoisotopic (exact) mass is 272 g/mol. The van der Waals surface area contributed by atoms with Crippen LogP contribution in [0.25, 0.3) is 0 Å². The lowest BCUT2D eigenvalue weighted by Gasteiger charge is -2.12. The van der Waals surface area contributed by atoms with Gasteiger partial charge in [-0.05, 0) is 29.8 Å². The lowest BCUT2D eigenvalue weighted by Crippen LogP contribution is -2.14. The Labute approximate surface area is 119 Å². The minimum absolute atomic E-state index is 1.00. The van der Waals surface area contributed by atoms with Gasteiger partial charge in [-0.25, -0.2) is 0 Å². The molecule has 3 heteroatoms. The van der Waals surface area contributed by atoms with Crippen molar-refractivity contribution in [3.8, 4) is 0 Å². The number of benzene rings is 1. The Bertz CT molecular complexity index is 522. The summed E-state index contributed by atoms with van der Waals surface area (Å²) in [4.78, 5) is 5.43. The zero-order valence-corrected chi connectivity index (χ0v) is 12.2. The molecule has 0 unspecified atom stereocenters. The maximum atomic E-state index is 3.38. The highest BCUT2D eigenvalue weighted by Gasteiger charge is 2.18. The molecule has 0 saturated heterocycles. The van der Waals surface area contributed by atoms with Crippen molar-refractivity contribution in [2.75, 3.05) is 6.54 Å². The Morgan fingerprint density at radius 1 is 1.05 bits per heavy atom. The van der Waals surface area contributed by atoms with Gasteiger partial charge in [0.25, 0.3) is 0 Å². The Morgan fingerprint density at radius 3 is 2.42 bits per heavy atom. The van der Waals surface area contributed by atoms with E-state index in [0.717, 1.165) is 32.7 Å². The fourth-order valence-corrected chi connectivity index (χ4v) is 3.62. The number of nitrogens with zero attached hydrogens (tertiary/aromatic N) is 1. The first-order valence-corrected chi connectivity index (χ1v) is 7.74. The van der Waals surface area contributed by atoms with Crippen LogP contribution in [0.15, 0.2) is 36.4 Å². The molecule has 1 aliphatic heterocycles. The maximum Gasteiger partial charge on any atom is 0.0335 e. The minimum atomic E-state index is 1.00. The van der Waals surface area contributed by atoms with Crippen molar-refractivity contribution in [1.82, 2.24) is 10.2 Å². The summed E-state index contributed by atoms with van der Waals surface area (Å²) >= 11 is 1.93. The van der Waals surface area contributed by atoms with Gasteiger partial charge in [-0.15, -0.1) is 11.3 Å². The van der Waals surface area contributed by atoms with Crippen LogP contribution < -0.4 is 5.32 Å². The van der Waals surface area contributed by atoms with Gasteiger partial charge in [0, 0.05) is 35.9 Å². The molecule has 1 aromatic heterocycles. The van der Waals surface area contributed by atoms with Gasteiger partial charge in [-0.1, -0.05) is 31.2 Å². The first-order chi connectivity index (χ1) is 9.35. The van der Waals surface area contributed by atoms with Crippen LogP contribution in [0.4, 0.5) is 0 Å². The van der Waals surface area contributed by atoms with Crippen LogP contribution in [0.1, 0.15) is 27.8 Å². The fourth-order valence-electron chi connectivity index (χ4n) is 2.59. The Kier molecular flexibility index (Phi) is 3.97. The van der Waals surface area contributed by atoms with Gasteiger partial charge >= 0.3 is 0 Å². The van der Waals surface area contributed by atoms with Crippen molar-refractivity contribution < 1.29 is 0 Å². The number of nitrogens with one attached hydrogen (secondary N) is 1. The predicted octanol–water partition coefficient (Wildman–Crippen LogP) is 3.37. The second-order valence-electron chi connectivity index (χ2n) is 5.06. The molecular formula is C16H20N2S. The zero-order chi connectivity index (χ0) is 13.1. The van der Waals surface area contributed by atoms with Gasteiger partial charge in [0.15, 0.2) is 0 Å². The summed E-state index contributed by atoms with van der Waals surface area (Å²) in [5, 5.41) is 3.38. The van der Waals surface area contributed by atoms with E-state index in [1.54, 1.807) is 0 Å². The average molecular weight is 272 g/mol. The molecule has 1 aliphatic rings. The lowest BCUT2D eigenvalue weighted by molar-refractivity contribution is 0.278. The van der Waals surface area contributed by atoms with Gasteiger partial charge in [-0.2, -0.15) is 0 Å². The first-order valence-electron chi connectivity index (χ1n) is 6.92. The van der Waals surface area contributed by atoms with Crippen LogP contribution in [0.3, 0.4) is 0 Å². The summed E-state index contributed by atoms with van der Waals surface area (Å²) < 4.78 is 0. The molecule has 0 atom stereocenters. The Balaban J connectivity index is 1.60. The summed E-state index contributed by atoms with van der Waals surface area (Å²) in [6, 6.07) is 13.3. The summed E-state index contributed by atoms with van der Waals surface area (Å²) in [6.07, 6.45) is 0. The Hall–Kier alpha value is -1.16. The first kappa shape index (κ1) is 12.9. The normalized spacial score (nSPS) is 14.8. The molecular weight excluding hydrogens is 252 g/mol. The Morgan fingerprint density at radius 2 is 1.74 bits per heavy atom. The molecule has 2 aromatic rings. The van der Waals surface area contributed by atoms with E-state index in [2.05, 4.69) is 53.5 Å². The second-order valence-corrected chi connectivity index (χ2v) is 6.32. The molecule has 0 amide bonds. The summed E-state index contributed by atoms with van der Waals surface area (Å²) in [5.41, 5.74) is 2.99. The van der Waals surface area contributed by atoms with Crippen molar-refractivity contribution in [3.05, 3.63) is 57.3 Å². The molecule has 0 fully saturated rings. The van der Waals surface area contributed by atoms with E-state index in [-0.39, 0.29) is 0 Å². The molecule has 0 bridgehead atoms. The fraction of sp³-hybridized carbons (Fsp3) is 0.375. The second kappa shape index (κ2) is 5.87. The summed E-state index contributed by atoms with van der Waals surface area (Å²) in [6.45, 7) is 7.45. The van der Waals surface area contributed by atoms with E-state index in [4.69, 9.17) is 0 Å². The van der Waals surface area contributed by atoms with E-state index in [0.29, 0.717) is 0 Å². The number of thiophene rings is 1. The minimum Gasteiger partial charge on any atom is -0.312 e. The molecule has 1 aromatic carbocycles. The van der Waals surface area contributed by atoms with Crippen molar-refractivity contribution in [3.63, 3.8) is 0 Å². The van der Waals surface area contributed by atoms with E-state index in [9.17, 15) is 0 Å². The van der Waals surface area contributed by atoms with Crippen molar-refractivity contribution in [2.24, 2.45) is 0 Å². The highest BCUT2D eigenvalue weighted by atomic mass is 32.1. The number of rotatable bonds is 5. The topological polar surface area (TPSA) is 15.3 Å². The van der Waals surface area contributed by atoms with E-state index in [1.165, 1.54) is 20.9 Å². The molecule has 3 rings (SSSR count). The van der Waals surface area contributed by atoms with Crippen molar-refractivity contribution in [2.45, 2.75) is 33.1 Å². The van der Waals surface area contributed by atoms with E-state index < -0.39 is 0 Å². The average Bonchev–Trinajstić information content (AvgIpc) is 3.02. The molecule has 0 aliphatic carbocycles. The predicted molar refractivity (Wildman–Crippen MR) is 81.1 cm³/mol. The van der Waals surface area contributed by atoms with Crippen molar-refractivity contribution in [1.29, 1.82) is 0 Å². The molecule has 2 heterocycles. The van der Waals surface area contributed by atoms with E-state index in [1.807, 2.05) is 11.3 Å². The third kappa shape index (κ3) is 3.06. The third-order valence-corrected chi connectivity index (χ3v) is 4.62. The standard InChI is InChI=1S/C16H20N2S/c1-2-17-9-15-7-8-16(19-15)12-18-10-13-5-3-4-6-14(13)11-18/h3-8,17H,2,9-12H2,1H3. The molecule has 100 valence electrons. The third-order valence-electron chi connectivity index (χ3n) is 3.55. The van der Waals surface area contributed by atoms with Crippen molar-refractivity contribution >= 4 is 11.3 Å². The SMILES string of the molecule is CCNCc1ccc(CN2Cc3ccccc3C2)s1. The zero-order valence-electron chi connectivity index (χ0n) is 11.4.